The molecule has 1 amide bonds. The third kappa shape index (κ3) is 3.77. The third-order valence-corrected chi connectivity index (χ3v) is 6.18. The Morgan fingerprint density at radius 2 is 1.86 bits per heavy atom. The summed E-state index contributed by atoms with van der Waals surface area (Å²) < 4.78 is 0. The number of carboxylic acids is 1. The van der Waals surface area contributed by atoms with Crippen molar-refractivity contribution in [3.63, 3.8) is 0 Å². The van der Waals surface area contributed by atoms with E-state index in [9.17, 15) is 14.7 Å². The van der Waals surface area contributed by atoms with Crippen molar-refractivity contribution in [3.8, 4) is 0 Å². The standard InChI is InChI=1S/C22H23ClN2O3/c23-16-8-4-7-15(11-16)21(14-5-2-1-3-6-14)24-20(26)13-25-17-9-10-19(25)18(12-17)22(27)28/h1-8,11,17-19,21H,9-10,12-13H2,(H,24,26)(H,27,28). The van der Waals surface area contributed by atoms with Gasteiger partial charge < -0.3 is 10.4 Å². The van der Waals surface area contributed by atoms with Crippen molar-refractivity contribution in [2.24, 2.45) is 5.92 Å². The maximum atomic E-state index is 12.9. The Kier molecular flexibility index (Phi) is 5.38. The van der Waals surface area contributed by atoms with E-state index < -0.39 is 5.97 Å². The van der Waals surface area contributed by atoms with Crippen molar-refractivity contribution >= 4 is 23.5 Å². The lowest BCUT2D eigenvalue weighted by molar-refractivity contribution is -0.143. The van der Waals surface area contributed by atoms with E-state index >= 15 is 0 Å². The quantitative estimate of drug-likeness (QED) is 0.781. The van der Waals surface area contributed by atoms with E-state index in [-0.39, 0.29) is 36.5 Å². The molecule has 28 heavy (non-hydrogen) atoms. The minimum absolute atomic E-state index is 0.0328. The van der Waals surface area contributed by atoms with E-state index in [1.165, 1.54) is 0 Å². The van der Waals surface area contributed by atoms with Gasteiger partial charge >= 0.3 is 5.97 Å². The first-order chi connectivity index (χ1) is 13.5. The lowest BCUT2D eigenvalue weighted by Gasteiger charge is -2.25. The van der Waals surface area contributed by atoms with Gasteiger partial charge in [0.05, 0.1) is 18.5 Å². The summed E-state index contributed by atoms with van der Waals surface area (Å²) in [5, 5.41) is 13.2. The van der Waals surface area contributed by atoms with Crippen LogP contribution in [0.3, 0.4) is 0 Å². The normalized spacial score (nSPS) is 24.8. The Morgan fingerprint density at radius 1 is 1.11 bits per heavy atom. The van der Waals surface area contributed by atoms with Crippen LogP contribution in [0, 0.1) is 5.92 Å². The summed E-state index contributed by atoms with van der Waals surface area (Å²) in [6.45, 7) is 0.225. The van der Waals surface area contributed by atoms with Crippen LogP contribution < -0.4 is 5.32 Å². The van der Waals surface area contributed by atoms with Gasteiger partial charge in [-0.1, -0.05) is 54.1 Å². The van der Waals surface area contributed by atoms with E-state index in [0.717, 1.165) is 24.0 Å². The molecule has 4 rings (SSSR count). The summed E-state index contributed by atoms with van der Waals surface area (Å²) in [4.78, 5) is 26.4. The molecule has 146 valence electrons. The fraction of sp³-hybridized carbons (Fsp3) is 0.364. The van der Waals surface area contributed by atoms with E-state index in [1.54, 1.807) is 0 Å². The lowest BCUT2D eigenvalue weighted by atomic mass is 9.89. The summed E-state index contributed by atoms with van der Waals surface area (Å²) in [7, 11) is 0. The number of fused-ring (bicyclic) bond motifs is 2. The van der Waals surface area contributed by atoms with Crippen molar-refractivity contribution in [1.29, 1.82) is 0 Å². The number of carboxylic acid groups (broad SMARTS) is 1. The number of carbonyl (C=O) groups excluding carboxylic acids is 1. The van der Waals surface area contributed by atoms with Crippen molar-refractivity contribution < 1.29 is 14.7 Å². The van der Waals surface area contributed by atoms with Gasteiger partial charge in [0, 0.05) is 17.1 Å². The first-order valence-electron chi connectivity index (χ1n) is 9.61. The van der Waals surface area contributed by atoms with Crippen molar-refractivity contribution in [2.75, 3.05) is 6.54 Å². The number of nitrogens with zero attached hydrogens (tertiary/aromatic N) is 1. The predicted octanol–water partition coefficient (Wildman–Crippen LogP) is 3.48. The lowest BCUT2D eigenvalue weighted by Crippen LogP contribution is -2.42. The molecule has 4 atom stereocenters. The number of nitrogens with one attached hydrogen (secondary N) is 1. The molecular weight excluding hydrogens is 376 g/mol. The molecule has 2 aliphatic rings. The van der Waals surface area contributed by atoms with Crippen LogP contribution in [0.5, 0.6) is 0 Å². The van der Waals surface area contributed by atoms with Gasteiger partial charge in [0.25, 0.3) is 0 Å². The number of hydrogen-bond donors (Lipinski definition) is 2. The third-order valence-electron chi connectivity index (χ3n) is 5.94. The Bertz CT molecular complexity index is 873. The molecular formula is C22H23ClN2O3. The van der Waals surface area contributed by atoms with Gasteiger partial charge in [-0.2, -0.15) is 0 Å². The molecule has 0 aromatic heterocycles. The van der Waals surface area contributed by atoms with Crippen LogP contribution in [-0.4, -0.2) is 40.5 Å². The number of amides is 1. The molecule has 6 heteroatoms. The van der Waals surface area contributed by atoms with Crippen molar-refractivity contribution in [1.82, 2.24) is 10.2 Å². The zero-order valence-corrected chi connectivity index (χ0v) is 16.2. The topological polar surface area (TPSA) is 69.6 Å². The Balaban J connectivity index is 1.51. The monoisotopic (exact) mass is 398 g/mol. The zero-order valence-electron chi connectivity index (χ0n) is 15.4. The Labute approximate surface area is 169 Å². The highest BCUT2D eigenvalue weighted by atomic mass is 35.5. The molecule has 0 radical (unpaired) electrons. The molecule has 2 aromatic rings. The van der Waals surface area contributed by atoms with Gasteiger partial charge in [0.1, 0.15) is 0 Å². The Hall–Kier alpha value is -2.37. The second-order valence-corrected chi connectivity index (χ2v) is 8.05. The summed E-state index contributed by atoms with van der Waals surface area (Å²) in [5.74, 6) is -1.21. The van der Waals surface area contributed by atoms with Crippen molar-refractivity contribution in [3.05, 3.63) is 70.7 Å². The number of carbonyl (C=O) groups is 2. The number of halogens is 1. The molecule has 2 saturated heterocycles. The maximum absolute atomic E-state index is 12.9. The van der Waals surface area contributed by atoms with Crippen LogP contribution in [0.15, 0.2) is 54.6 Å². The second kappa shape index (κ2) is 7.94. The highest BCUT2D eigenvalue weighted by Crippen LogP contribution is 2.41. The molecule has 2 fully saturated rings. The Morgan fingerprint density at radius 3 is 2.54 bits per heavy atom. The van der Waals surface area contributed by atoms with Crippen LogP contribution in [0.4, 0.5) is 0 Å². The molecule has 2 aliphatic heterocycles. The highest BCUT2D eigenvalue weighted by Gasteiger charge is 2.49. The van der Waals surface area contributed by atoms with Crippen LogP contribution in [0.1, 0.15) is 36.4 Å². The molecule has 5 nitrogen and oxygen atoms in total. The van der Waals surface area contributed by atoms with Crippen LogP contribution >= 0.6 is 11.6 Å². The number of aliphatic carboxylic acids is 1. The fourth-order valence-electron chi connectivity index (χ4n) is 4.68. The van der Waals surface area contributed by atoms with E-state index in [0.29, 0.717) is 11.4 Å². The first kappa shape index (κ1) is 19.0. The fourth-order valence-corrected chi connectivity index (χ4v) is 4.88. The minimum Gasteiger partial charge on any atom is -0.481 e. The average molecular weight is 399 g/mol. The molecule has 2 N–H and O–H groups in total. The molecule has 2 bridgehead atoms. The predicted molar refractivity (Wildman–Crippen MR) is 107 cm³/mol. The molecule has 4 unspecified atom stereocenters. The van der Waals surface area contributed by atoms with Gasteiger partial charge in [-0.05, 0) is 42.5 Å². The largest absolute Gasteiger partial charge is 0.481 e. The first-order valence-corrected chi connectivity index (χ1v) is 9.99. The highest BCUT2D eigenvalue weighted by molar-refractivity contribution is 6.30. The van der Waals surface area contributed by atoms with Gasteiger partial charge in [-0.3, -0.25) is 14.5 Å². The average Bonchev–Trinajstić information content (AvgIpc) is 3.23. The summed E-state index contributed by atoms with van der Waals surface area (Å²) in [5.41, 5.74) is 1.89. The number of benzene rings is 2. The smallest absolute Gasteiger partial charge is 0.308 e. The van der Waals surface area contributed by atoms with Gasteiger partial charge in [-0.25, -0.2) is 0 Å². The van der Waals surface area contributed by atoms with E-state index in [4.69, 9.17) is 11.6 Å². The van der Waals surface area contributed by atoms with E-state index in [1.807, 2.05) is 54.6 Å². The van der Waals surface area contributed by atoms with E-state index in [2.05, 4.69) is 10.2 Å². The molecule has 2 heterocycles. The minimum atomic E-state index is -0.751. The zero-order chi connectivity index (χ0) is 19.7. The molecule has 0 saturated carbocycles. The van der Waals surface area contributed by atoms with Gasteiger partial charge in [0.15, 0.2) is 0 Å². The molecule has 0 aliphatic carbocycles. The van der Waals surface area contributed by atoms with Gasteiger partial charge in [-0.15, -0.1) is 0 Å². The van der Waals surface area contributed by atoms with Crippen LogP contribution in [-0.2, 0) is 9.59 Å². The van der Waals surface area contributed by atoms with Gasteiger partial charge in [0.2, 0.25) is 5.91 Å². The summed E-state index contributed by atoms with van der Waals surface area (Å²) in [6.07, 6.45) is 2.47. The molecule has 2 aromatic carbocycles. The summed E-state index contributed by atoms with van der Waals surface area (Å²) in [6, 6.07) is 17.1. The number of rotatable bonds is 6. The number of hydrogen-bond acceptors (Lipinski definition) is 3. The van der Waals surface area contributed by atoms with Crippen LogP contribution in [0.25, 0.3) is 0 Å². The van der Waals surface area contributed by atoms with Crippen molar-refractivity contribution in [2.45, 2.75) is 37.4 Å². The van der Waals surface area contributed by atoms with Crippen LogP contribution in [0.2, 0.25) is 5.02 Å². The maximum Gasteiger partial charge on any atom is 0.308 e. The second-order valence-electron chi connectivity index (χ2n) is 7.62. The summed E-state index contributed by atoms with van der Waals surface area (Å²) >= 11 is 6.17. The molecule has 0 spiro atoms. The SMILES string of the molecule is O=C(CN1C2CCC1C(C(=O)O)C2)NC(c1ccccc1)c1cccc(Cl)c1.